The first kappa shape index (κ1) is 14.7. The molecule has 5 nitrogen and oxygen atoms in total. The van der Waals surface area contributed by atoms with E-state index >= 15 is 0 Å². The van der Waals surface area contributed by atoms with Gasteiger partial charge in [0.2, 0.25) is 0 Å². The minimum Gasteiger partial charge on any atom is -0.385 e. The highest BCUT2D eigenvalue weighted by Gasteiger charge is 2.04. The van der Waals surface area contributed by atoms with Gasteiger partial charge in [-0.15, -0.1) is 0 Å². The summed E-state index contributed by atoms with van der Waals surface area (Å²) in [6.45, 7) is 6.74. The van der Waals surface area contributed by atoms with Crippen LogP contribution in [0.25, 0.3) is 0 Å². The Morgan fingerprint density at radius 1 is 1.11 bits per heavy atom. The summed E-state index contributed by atoms with van der Waals surface area (Å²) >= 11 is 0. The first-order valence-electron chi connectivity index (χ1n) is 6.57. The molecule has 0 aromatic carbocycles. The summed E-state index contributed by atoms with van der Waals surface area (Å²) in [4.78, 5) is 8.49. The molecule has 0 spiro atoms. The lowest BCUT2D eigenvalue weighted by Crippen LogP contribution is -2.09. The number of nitrogens with one attached hydrogen (secondary N) is 2. The third kappa shape index (κ3) is 4.87. The van der Waals surface area contributed by atoms with Crippen molar-refractivity contribution in [1.82, 2.24) is 9.97 Å². The van der Waals surface area contributed by atoms with Gasteiger partial charge in [-0.2, -0.15) is 0 Å². The van der Waals surface area contributed by atoms with Crippen molar-refractivity contribution in [3.05, 3.63) is 11.9 Å². The molecule has 0 atom stereocenters. The predicted octanol–water partition coefficient (Wildman–Crippen LogP) is 2.45. The van der Waals surface area contributed by atoms with Crippen LogP contribution < -0.4 is 10.6 Å². The lowest BCUT2D eigenvalue weighted by Gasteiger charge is -2.11. The third-order valence-corrected chi connectivity index (χ3v) is 2.75. The molecule has 102 valence electrons. The molecule has 0 aliphatic rings. The maximum absolute atomic E-state index is 5.02. The normalized spacial score (nSPS) is 10.4. The van der Waals surface area contributed by atoms with Gasteiger partial charge < -0.3 is 15.4 Å². The summed E-state index contributed by atoms with van der Waals surface area (Å²) < 4.78 is 5.02. The van der Waals surface area contributed by atoms with Gasteiger partial charge in [0.25, 0.3) is 0 Å². The van der Waals surface area contributed by atoms with Gasteiger partial charge in [-0.25, -0.2) is 9.97 Å². The monoisotopic (exact) mass is 252 g/mol. The molecule has 0 bridgehead atoms. The second kappa shape index (κ2) is 8.69. The van der Waals surface area contributed by atoms with Gasteiger partial charge in [0.05, 0.1) is 0 Å². The fourth-order valence-corrected chi connectivity index (χ4v) is 1.73. The van der Waals surface area contributed by atoms with E-state index in [-0.39, 0.29) is 0 Å². The molecule has 0 radical (unpaired) electrons. The Labute approximate surface area is 109 Å². The fourth-order valence-electron chi connectivity index (χ4n) is 1.73. The Hall–Kier alpha value is -1.36. The van der Waals surface area contributed by atoms with Crippen molar-refractivity contribution >= 4 is 11.6 Å². The number of anilines is 2. The number of hydrogen-bond donors (Lipinski definition) is 2. The van der Waals surface area contributed by atoms with Crippen molar-refractivity contribution in [2.75, 3.05) is 37.4 Å². The summed E-state index contributed by atoms with van der Waals surface area (Å²) in [6.07, 6.45) is 5.01. The van der Waals surface area contributed by atoms with Gasteiger partial charge in [-0.3, -0.25) is 0 Å². The van der Waals surface area contributed by atoms with E-state index in [4.69, 9.17) is 4.74 Å². The summed E-state index contributed by atoms with van der Waals surface area (Å²) in [6, 6.07) is 0. The standard InChI is InChI=1S/C13H24N4O/c1-4-14-12-11(2)13(17-10-16-12)15-8-6-5-7-9-18-3/h10H,4-9H2,1-3H3,(H2,14,15,16,17). The molecule has 1 rings (SSSR count). The van der Waals surface area contributed by atoms with Crippen LogP contribution in [0.5, 0.6) is 0 Å². The smallest absolute Gasteiger partial charge is 0.134 e. The van der Waals surface area contributed by atoms with Crippen molar-refractivity contribution in [2.24, 2.45) is 0 Å². The molecule has 0 saturated carbocycles. The van der Waals surface area contributed by atoms with Crippen LogP contribution in [0.3, 0.4) is 0 Å². The molecule has 0 aliphatic heterocycles. The van der Waals surface area contributed by atoms with Crippen LogP contribution in [-0.2, 0) is 4.74 Å². The number of nitrogens with zero attached hydrogens (tertiary/aromatic N) is 2. The van der Waals surface area contributed by atoms with Crippen molar-refractivity contribution in [3.8, 4) is 0 Å². The van der Waals surface area contributed by atoms with Crippen LogP contribution in [0, 0.1) is 6.92 Å². The molecular formula is C13H24N4O. The Bertz CT molecular complexity index is 344. The summed E-state index contributed by atoms with van der Waals surface area (Å²) in [7, 11) is 1.74. The lowest BCUT2D eigenvalue weighted by atomic mass is 10.2. The first-order chi connectivity index (χ1) is 8.79. The zero-order chi connectivity index (χ0) is 13.2. The lowest BCUT2D eigenvalue weighted by molar-refractivity contribution is 0.192. The first-order valence-corrected chi connectivity index (χ1v) is 6.57. The van der Waals surface area contributed by atoms with Gasteiger partial charge in [-0.05, 0) is 33.1 Å². The SMILES string of the molecule is CCNc1ncnc(NCCCCCOC)c1C. The number of hydrogen-bond acceptors (Lipinski definition) is 5. The minimum atomic E-state index is 0.844. The van der Waals surface area contributed by atoms with Crippen LogP contribution in [0.2, 0.25) is 0 Å². The van der Waals surface area contributed by atoms with Crippen LogP contribution in [-0.4, -0.2) is 36.8 Å². The van der Waals surface area contributed by atoms with Crippen molar-refractivity contribution in [2.45, 2.75) is 33.1 Å². The highest BCUT2D eigenvalue weighted by Crippen LogP contribution is 2.17. The molecule has 0 aliphatic carbocycles. The average molecular weight is 252 g/mol. The highest BCUT2D eigenvalue weighted by atomic mass is 16.5. The van der Waals surface area contributed by atoms with Crippen LogP contribution >= 0.6 is 0 Å². The predicted molar refractivity (Wildman–Crippen MR) is 75.1 cm³/mol. The number of rotatable bonds is 9. The Morgan fingerprint density at radius 2 is 1.83 bits per heavy atom. The molecule has 1 heterocycles. The Morgan fingerprint density at radius 3 is 2.50 bits per heavy atom. The Balaban J connectivity index is 2.35. The van der Waals surface area contributed by atoms with E-state index in [1.807, 2.05) is 6.92 Å². The van der Waals surface area contributed by atoms with Gasteiger partial charge >= 0.3 is 0 Å². The van der Waals surface area contributed by atoms with E-state index in [2.05, 4.69) is 27.5 Å². The summed E-state index contributed by atoms with van der Waals surface area (Å²) in [5.74, 6) is 1.84. The van der Waals surface area contributed by atoms with Gasteiger partial charge in [0, 0.05) is 32.4 Å². The highest BCUT2D eigenvalue weighted by molar-refractivity contribution is 5.56. The molecular weight excluding hydrogens is 228 g/mol. The summed E-state index contributed by atoms with van der Waals surface area (Å²) in [5, 5.41) is 6.58. The van der Waals surface area contributed by atoms with Crippen LogP contribution in [0.15, 0.2) is 6.33 Å². The molecule has 2 N–H and O–H groups in total. The van der Waals surface area contributed by atoms with E-state index in [0.29, 0.717) is 0 Å². The van der Waals surface area contributed by atoms with E-state index in [0.717, 1.165) is 49.7 Å². The second-order valence-electron chi connectivity index (χ2n) is 4.21. The van der Waals surface area contributed by atoms with E-state index in [9.17, 15) is 0 Å². The average Bonchev–Trinajstić information content (AvgIpc) is 2.38. The molecule has 0 unspecified atom stereocenters. The fraction of sp³-hybridized carbons (Fsp3) is 0.692. The van der Waals surface area contributed by atoms with Gasteiger partial charge in [-0.1, -0.05) is 0 Å². The molecule has 5 heteroatoms. The van der Waals surface area contributed by atoms with E-state index < -0.39 is 0 Å². The largest absolute Gasteiger partial charge is 0.385 e. The maximum Gasteiger partial charge on any atom is 0.134 e. The van der Waals surface area contributed by atoms with Crippen molar-refractivity contribution < 1.29 is 4.74 Å². The van der Waals surface area contributed by atoms with Crippen LogP contribution in [0.1, 0.15) is 31.7 Å². The van der Waals surface area contributed by atoms with E-state index in [1.54, 1.807) is 13.4 Å². The number of aromatic nitrogens is 2. The van der Waals surface area contributed by atoms with Crippen molar-refractivity contribution in [3.63, 3.8) is 0 Å². The minimum absolute atomic E-state index is 0.844. The van der Waals surface area contributed by atoms with Crippen LogP contribution in [0.4, 0.5) is 11.6 Å². The number of unbranched alkanes of at least 4 members (excludes halogenated alkanes) is 2. The summed E-state index contributed by atoms with van der Waals surface area (Å²) in [5.41, 5.74) is 1.08. The Kier molecular flexibility index (Phi) is 7.10. The van der Waals surface area contributed by atoms with Crippen molar-refractivity contribution in [1.29, 1.82) is 0 Å². The topological polar surface area (TPSA) is 59.1 Å². The second-order valence-corrected chi connectivity index (χ2v) is 4.21. The molecule has 0 amide bonds. The quantitative estimate of drug-likeness (QED) is 0.661. The zero-order valence-electron chi connectivity index (χ0n) is 11.6. The third-order valence-electron chi connectivity index (χ3n) is 2.75. The molecule has 1 aromatic heterocycles. The molecule has 0 saturated heterocycles. The molecule has 0 fully saturated rings. The zero-order valence-corrected chi connectivity index (χ0v) is 11.6. The number of ether oxygens (including phenoxy) is 1. The molecule has 18 heavy (non-hydrogen) atoms. The molecule has 1 aromatic rings. The van der Waals surface area contributed by atoms with E-state index in [1.165, 1.54) is 6.42 Å². The maximum atomic E-state index is 5.02. The number of methoxy groups -OCH3 is 1. The van der Waals surface area contributed by atoms with Gasteiger partial charge in [0.15, 0.2) is 0 Å². The van der Waals surface area contributed by atoms with Gasteiger partial charge in [0.1, 0.15) is 18.0 Å².